The van der Waals surface area contributed by atoms with E-state index in [9.17, 15) is 9.90 Å². The zero-order chi connectivity index (χ0) is 13.2. The van der Waals surface area contributed by atoms with Gasteiger partial charge in [-0.15, -0.1) is 0 Å². The second-order valence-corrected chi connectivity index (χ2v) is 5.60. The number of nitrogens with zero attached hydrogens (tertiary/aromatic N) is 1. The highest BCUT2D eigenvalue weighted by molar-refractivity contribution is 5.71. The van der Waals surface area contributed by atoms with Gasteiger partial charge in [-0.1, -0.05) is 30.3 Å². The van der Waals surface area contributed by atoms with Crippen molar-refractivity contribution in [2.75, 3.05) is 26.3 Å². The van der Waals surface area contributed by atoms with Gasteiger partial charge in [-0.3, -0.25) is 9.69 Å². The number of benzene rings is 1. The fraction of sp³-hybridized carbons (Fsp3) is 0.533. The molecule has 2 bridgehead atoms. The zero-order valence-electron chi connectivity index (χ0n) is 10.9. The molecular weight excluding hydrogens is 242 g/mol. The predicted octanol–water partition coefficient (Wildman–Crippen LogP) is 1.47. The van der Waals surface area contributed by atoms with E-state index in [1.54, 1.807) is 0 Å². The molecule has 102 valence electrons. The first kappa shape index (κ1) is 12.6. The third-order valence-electron chi connectivity index (χ3n) is 4.20. The van der Waals surface area contributed by atoms with Crippen LogP contribution < -0.4 is 0 Å². The molecule has 4 nitrogen and oxygen atoms in total. The molecule has 2 saturated heterocycles. The van der Waals surface area contributed by atoms with Crippen LogP contribution in [0.2, 0.25) is 0 Å². The Bertz CT molecular complexity index is 434. The quantitative estimate of drug-likeness (QED) is 0.895. The van der Waals surface area contributed by atoms with Gasteiger partial charge in [-0.25, -0.2) is 0 Å². The highest BCUT2D eigenvalue weighted by Crippen LogP contribution is 2.34. The third-order valence-corrected chi connectivity index (χ3v) is 4.20. The van der Waals surface area contributed by atoms with E-state index in [0.717, 1.165) is 19.6 Å². The fourth-order valence-corrected chi connectivity index (χ4v) is 3.41. The molecule has 1 unspecified atom stereocenters. The molecule has 0 spiro atoms. The minimum atomic E-state index is -0.655. The maximum absolute atomic E-state index is 11.4. The van der Waals surface area contributed by atoms with E-state index < -0.39 is 5.97 Å². The van der Waals surface area contributed by atoms with E-state index in [4.69, 9.17) is 4.74 Å². The summed E-state index contributed by atoms with van der Waals surface area (Å²) < 4.78 is 5.53. The summed E-state index contributed by atoms with van der Waals surface area (Å²) in [5, 5.41) is 9.35. The van der Waals surface area contributed by atoms with E-state index in [1.165, 1.54) is 5.56 Å². The molecule has 0 aromatic heterocycles. The molecule has 2 aliphatic heterocycles. The van der Waals surface area contributed by atoms with Crippen molar-refractivity contribution in [1.82, 2.24) is 4.90 Å². The Hall–Kier alpha value is -1.39. The summed E-state index contributed by atoms with van der Waals surface area (Å²) in [5.41, 5.74) is 1.29. The normalized spacial score (nSPS) is 31.1. The second kappa shape index (κ2) is 5.31. The summed E-state index contributed by atoms with van der Waals surface area (Å²) in [6, 6.07) is 10.3. The Morgan fingerprint density at radius 1 is 1.21 bits per heavy atom. The molecule has 1 N–H and O–H groups in total. The Morgan fingerprint density at radius 2 is 1.84 bits per heavy atom. The summed E-state index contributed by atoms with van der Waals surface area (Å²) >= 11 is 0. The zero-order valence-corrected chi connectivity index (χ0v) is 10.9. The molecule has 0 aliphatic carbocycles. The lowest BCUT2D eigenvalue weighted by atomic mass is 9.76. The van der Waals surface area contributed by atoms with Gasteiger partial charge in [0.15, 0.2) is 0 Å². The number of ether oxygens (including phenoxy) is 1. The van der Waals surface area contributed by atoms with Crippen LogP contribution in [0.15, 0.2) is 30.3 Å². The number of aliphatic carboxylic acids is 1. The minimum absolute atomic E-state index is 0.133. The Balaban J connectivity index is 1.69. The standard InChI is InChI=1S/C15H19NO3/c17-15(18)14-12-7-16(8-13(14)10-19-9-12)6-11-4-2-1-3-5-11/h1-5,12-14H,6-10H2,(H,17,18)/t12-,13+,14?. The lowest BCUT2D eigenvalue weighted by Gasteiger charge is -2.45. The number of carboxylic acid groups (broad SMARTS) is 1. The molecule has 0 radical (unpaired) electrons. The molecule has 0 amide bonds. The molecule has 2 aliphatic rings. The molecule has 2 fully saturated rings. The van der Waals surface area contributed by atoms with Gasteiger partial charge in [0.2, 0.25) is 0 Å². The SMILES string of the molecule is O=C(O)C1[C@@H]2COC[C@H]1CN(Cc1ccccc1)C2. The van der Waals surface area contributed by atoms with Crippen molar-refractivity contribution < 1.29 is 14.6 Å². The molecule has 4 heteroatoms. The average molecular weight is 261 g/mol. The number of hydrogen-bond acceptors (Lipinski definition) is 3. The maximum atomic E-state index is 11.4. The summed E-state index contributed by atoms with van der Waals surface area (Å²) in [6.07, 6.45) is 0. The minimum Gasteiger partial charge on any atom is -0.481 e. The van der Waals surface area contributed by atoms with Gasteiger partial charge < -0.3 is 9.84 Å². The van der Waals surface area contributed by atoms with Crippen LogP contribution in [-0.2, 0) is 16.1 Å². The van der Waals surface area contributed by atoms with E-state index in [2.05, 4.69) is 17.0 Å². The second-order valence-electron chi connectivity index (χ2n) is 5.60. The fourth-order valence-electron chi connectivity index (χ4n) is 3.41. The number of rotatable bonds is 3. The molecule has 1 aromatic carbocycles. The smallest absolute Gasteiger partial charge is 0.307 e. The summed E-state index contributed by atoms with van der Waals surface area (Å²) in [7, 11) is 0. The van der Waals surface area contributed by atoms with Crippen LogP contribution in [0.1, 0.15) is 5.56 Å². The molecule has 0 saturated carbocycles. The van der Waals surface area contributed by atoms with Crippen LogP contribution in [0.5, 0.6) is 0 Å². The van der Waals surface area contributed by atoms with Crippen molar-refractivity contribution in [3.8, 4) is 0 Å². The van der Waals surface area contributed by atoms with Crippen LogP contribution in [0.4, 0.5) is 0 Å². The Kier molecular flexibility index (Phi) is 3.53. The first-order valence-electron chi connectivity index (χ1n) is 6.81. The molecule has 1 aromatic rings. The molecule has 3 rings (SSSR count). The van der Waals surface area contributed by atoms with Crippen molar-refractivity contribution in [2.45, 2.75) is 6.54 Å². The van der Waals surface area contributed by atoms with Crippen molar-refractivity contribution >= 4 is 5.97 Å². The van der Waals surface area contributed by atoms with Gasteiger partial charge in [0.25, 0.3) is 0 Å². The van der Waals surface area contributed by atoms with E-state index >= 15 is 0 Å². The van der Waals surface area contributed by atoms with Gasteiger partial charge in [-0.05, 0) is 5.56 Å². The van der Waals surface area contributed by atoms with E-state index in [-0.39, 0.29) is 17.8 Å². The van der Waals surface area contributed by atoms with Crippen LogP contribution in [0.25, 0.3) is 0 Å². The summed E-state index contributed by atoms with van der Waals surface area (Å²) in [6.45, 7) is 3.71. The summed E-state index contributed by atoms with van der Waals surface area (Å²) in [4.78, 5) is 13.7. The van der Waals surface area contributed by atoms with Crippen molar-refractivity contribution in [3.63, 3.8) is 0 Å². The highest BCUT2D eigenvalue weighted by Gasteiger charge is 2.44. The van der Waals surface area contributed by atoms with Gasteiger partial charge in [0, 0.05) is 31.5 Å². The van der Waals surface area contributed by atoms with E-state index in [0.29, 0.717) is 13.2 Å². The molecule has 3 atom stereocenters. The number of piperidine rings is 1. The van der Waals surface area contributed by atoms with Gasteiger partial charge in [0.1, 0.15) is 0 Å². The summed E-state index contributed by atoms with van der Waals surface area (Å²) in [5.74, 6) is -0.610. The van der Waals surface area contributed by atoms with Crippen LogP contribution in [0, 0.1) is 17.8 Å². The monoisotopic (exact) mass is 261 g/mol. The first-order chi connectivity index (χ1) is 9.24. The van der Waals surface area contributed by atoms with Crippen molar-refractivity contribution in [2.24, 2.45) is 17.8 Å². The molecule has 19 heavy (non-hydrogen) atoms. The number of likely N-dealkylation sites (tertiary alicyclic amines) is 1. The van der Waals surface area contributed by atoms with Gasteiger partial charge >= 0.3 is 5.97 Å². The number of carbonyl (C=O) groups is 1. The van der Waals surface area contributed by atoms with Gasteiger partial charge in [0.05, 0.1) is 19.1 Å². The largest absolute Gasteiger partial charge is 0.481 e. The van der Waals surface area contributed by atoms with E-state index in [1.807, 2.05) is 18.2 Å². The number of carboxylic acids is 1. The number of fused-ring (bicyclic) bond motifs is 2. The molecular formula is C15H19NO3. The number of hydrogen-bond donors (Lipinski definition) is 1. The van der Waals surface area contributed by atoms with Crippen LogP contribution in [0.3, 0.4) is 0 Å². The van der Waals surface area contributed by atoms with Crippen LogP contribution >= 0.6 is 0 Å². The van der Waals surface area contributed by atoms with Crippen LogP contribution in [-0.4, -0.2) is 42.3 Å². The Labute approximate surface area is 113 Å². The van der Waals surface area contributed by atoms with Crippen molar-refractivity contribution in [1.29, 1.82) is 0 Å². The van der Waals surface area contributed by atoms with Crippen molar-refractivity contribution in [3.05, 3.63) is 35.9 Å². The lowest BCUT2D eigenvalue weighted by molar-refractivity contribution is -0.160. The highest BCUT2D eigenvalue weighted by atomic mass is 16.5. The average Bonchev–Trinajstić information content (AvgIpc) is 2.38. The topological polar surface area (TPSA) is 49.8 Å². The maximum Gasteiger partial charge on any atom is 0.307 e. The Morgan fingerprint density at radius 3 is 2.42 bits per heavy atom. The predicted molar refractivity (Wildman–Crippen MR) is 70.6 cm³/mol. The first-order valence-corrected chi connectivity index (χ1v) is 6.81. The lowest BCUT2D eigenvalue weighted by Crippen LogP contribution is -2.54. The third kappa shape index (κ3) is 2.65. The molecule has 2 heterocycles. The van der Waals surface area contributed by atoms with Gasteiger partial charge in [-0.2, -0.15) is 0 Å².